The molecular weight excluding hydrogens is 381 g/mol. The quantitative estimate of drug-likeness (QED) is 0.652. The molecule has 0 radical (unpaired) electrons. The highest BCUT2D eigenvalue weighted by Crippen LogP contribution is 2.49. The number of rotatable bonds is 5. The molecule has 0 atom stereocenters. The van der Waals surface area contributed by atoms with Crippen molar-refractivity contribution in [3.8, 4) is 22.3 Å². The summed E-state index contributed by atoms with van der Waals surface area (Å²) < 4.78 is 16.5. The molecule has 1 saturated carbocycles. The fraction of sp³-hybridized carbons (Fsp3) is 0.238. The first-order valence-electron chi connectivity index (χ1n) is 8.91. The highest BCUT2D eigenvalue weighted by Gasteiger charge is 2.51. The second-order valence-electron chi connectivity index (χ2n) is 7.06. The van der Waals surface area contributed by atoms with Crippen LogP contribution >= 0.6 is 11.6 Å². The Balaban J connectivity index is 1.72. The average molecular weight is 400 g/mol. The Kier molecular flexibility index (Phi) is 4.38. The minimum atomic E-state index is -0.800. The fourth-order valence-corrected chi connectivity index (χ4v) is 3.90. The van der Waals surface area contributed by atoms with Crippen LogP contribution in [0, 0.1) is 5.82 Å². The highest BCUT2D eigenvalue weighted by atomic mass is 35.5. The zero-order valence-electron chi connectivity index (χ0n) is 15.5. The van der Waals surface area contributed by atoms with Crippen LogP contribution in [-0.2, 0) is 17.3 Å². The third kappa shape index (κ3) is 2.85. The lowest BCUT2D eigenvalue weighted by molar-refractivity contribution is -0.140. The molecule has 0 unspecified atom stereocenters. The Bertz CT molecular complexity index is 1070. The maximum Gasteiger partial charge on any atom is 0.314 e. The number of anilines is 1. The highest BCUT2D eigenvalue weighted by molar-refractivity contribution is 6.33. The number of hydrogen-bond donors (Lipinski definition) is 2. The summed E-state index contributed by atoms with van der Waals surface area (Å²) in [7, 11) is 3.52. The Morgan fingerprint density at radius 2 is 1.89 bits per heavy atom. The summed E-state index contributed by atoms with van der Waals surface area (Å²) >= 11 is 6.47. The standard InChI is InChI=1S/C21H19ClFN3O2/c1-24-19-16(11-25-26(19)2)15-9-17(22)14(10-18(15)23)12-3-5-13(6-4-12)21(7-8-21)20(27)28/h3-6,9-11,24H,7-8H2,1-2H3,(H,27,28). The lowest BCUT2D eigenvalue weighted by Crippen LogP contribution is -2.19. The minimum Gasteiger partial charge on any atom is -0.481 e. The van der Waals surface area contributed by atoms with Crippen molar-refractivity contribution in [3.63, 3.8) is 0 Å². The summed E-state index contributed by atoms with van der Waals surface area (Å²) in [6.07, 6.45) is 2.88. The zero-order chi connectivity index (χ0) is 20.1. The van der Waals surface area contributed by atoms with Gasteiger partial charge in [-0.2, -0.15) is 5.10 Å². The molecule has 1 heterocycles. The van der Waals surface area contributed by atoms with E-state index in [9.17, 15) is 14.3 Å². The molecule has 1 fully saturated rings. The number of aryl methyl sites for hydroxylation is 1. The molecule has 4 rings (SSSR count). The molecule has 7 heteroatoms. The molecule has 1 aliphatic rings. The smallest absolute Gasteiger partial charge is 0.314 e. The van der Waals surface area contributed by atoms with E-state index >= 15 is 0 Å². The van der Waals surface area contributed by atoms with E-state index in [1.807, 2.05) is 0 Å². The van der Waals surface area contributed by atoms with Crippen molar-refractivity contribution < 1.29 is 14.3 Å². The van der Waals surface area contributed by atoms with Crippen molar-refractivity contribution in [1.29, 1.82) is 0 Å². The van der Waals surface area contributed by atoms with Crippen LogP contribution in [0.5, 0.6) is 0 Å². The third-order valence-corrected chi connectivity index (χ3v) is 5.74. The molecule has 3 aromatic rings. The summed E-state index contributed by atoms with van der Waals surface area (Å²) in [5, 5.41) is 17.0. The van der Waals surface area contributed by atoms with E-state index < -0.39 is 17.2 Å². The zero-order valence-corrected chi connectivity index (χ0v) is 16.2. The number of aromatic nitrogens is 2. The van der Waals surface area contributed by atoms with Crippen LogP contribution in [0.2, 0.25) is 5.02 Å². The van der Waals surface area contributed by atoms with Crippen molar-refractivity contribution in [3.05, 3.63) is 59.0 Å². The largest absolute Gasteiger partial charge is 0.481 e. The Morgan fingerprint density at radius 3 is 2.46 bits per heavy atom. The minimum absolute atomic E-state index is 0.366. The molecule has 2 N–H and O–H groups in total. The van der Waals surface area contributed by atoms with Crippen molar-refractivity contribution in [1.82, 2.24) is 9.78 Å². The van der Waals surface area contributed by atoms with E-state index in [4.69, 9.17) is 11.6 Å². The summed E-state index contributed by atoms with van der Waals surface area (Å²) in [6.45, 7) is 0. The molecule has 0 bridgehead atoms. The van der Waals surface area contributed by atoms with E-state index in [1.54, 1.807) is 55.3 Å². The van der Waals surface area contributed by atoms with Crippen LogP contribution in [0.4, 0.5) is 10.2 Å². The number of hydrogen-bond acceptors (Lipinski definition) is 3. The summed E-state index contributed by atoms with van der Waals surface area (Å²) in [4.78, 5) is 11.5. The molecule has 0 saturated heterocycles. The van der Waals surface area contributed by atoms with Gasteiger partial charge in [0.15, 0.2) is 0 Å². The van der Waals surface area contributed by atoms with Crippen LogP contribution in [0.3, 0.4) is 0 Å². The van der Waals surface area contributed by atoms with Gasteiger partial charge in [-0.1, -0.05) is 35.9 Å². The monoisotopic (exact) mass is 399 g/mol. The van der Waals surface area contributed by atoms with E-state index in [0.29, 0.717) is 40.4 Å². The predicted molar refractivity (Wildman–Crippen MR) is 107 cm³/mol. The Labute approximate surface area is 166 Å². The second-order valence-corrected chi connectivity index (χ2v) is 7.46. The molecule has 0 spiro atoms. The van der Waals surface area contributed by atoms with Crippen molar-refractivity contribution in [2.24, 2.45) is 7.05 Å². The van der Waals surface area contributed by atoms with Crippen molar-refractivity contribution >= 4 is 23.4 Å². The van der Waals surface area contributed by atoms with Crippen LogP contribution in [0.1, 0.15) is 18.4 Å². The molecule has 28 heavy (non-hydrogen) atoms. The van der Waals surface area contributed by atoms with Gasteiger partial charge in [0.25, 0.3) is 0 Å². The first kappa shape index (κ1) is 18.5. The van der Waals surface area contributed by atoms with Crippen molar-refractivity contribution in [2.75, 3.05) is 12.4 Å². The molecular formula is C21H19ClFN3O2. The molecule has 1 aromatic heterocycles. The Hall–Kier alpha value is -2.86. The van der Waals surface area contributed by atoms with Gasteiger partial charge in [-0.15, -0.1) is 0 Å². The molecule has 2 aromatic carbocycles. The average Bonchev–Trinajstić information content (AvgIpc) is 3.41. The van der Waals surface area contributed by atoms with E-state index in [1.165, 1.54) is 6.07 Å². The first-order chi connectivity index (χ1) is 13.4. The predicted octanol–water partition coefficient (Wildman–Crippen LogP) is 4.70. The van der Waals surface area contributed by atoms with Gasteiger partial charge in [-0.3, -0.25) is 9.48 Å². The molecule has 144 valence electrons. The lowest BCUT2D eigenvalue weighted by atomic mass is 9.93. The topological polar surface area (TPSA) is 67.2 Å². The summed E-state index contributed by atoms with van der Waals surface area (Å²) in [5.41, 5.74) is 2.30. The SMILES string of the molecule is CNc1c(-c2cc(Cl)c(-c3ccc(C4(C(=O)O)CC4)cc3)cc2F)cnn1C. The van der Waals surface area contributed by atoms with Gasteiger partial charge in [0.05, 0.1) is 11.6 Å². The van der Waals surface area contributed by atoms with Crippen LogP contribution in [0.15, 0.2) is 42.6 Å². The number of aliphatic carboxylic acids is 1. The second kappa shape index (κ2) is 6.63. The number of carboxylic acid groups (broad SMARTS) is 1. The number of carboxylic acids is 1. The van der Waals surface area contributed by atoms with Crippen LogP contribution < -0.4 is 5.32 Å². The Morgan fingerprint density at radius 1 is 1.21 bits per heavy atom. The number of nitrogens with one attached hydrogen (secondary N) is 1. The van der Waals surface area contributed by atoms with E-state index in [-0.39, 0.29) is 0 Å². The first-order valence-corrected chi connectivity index (χ1v) is 9.28. The normalized spacial score (nSPS) is 14.7. The maximum atomic E-state index is 14.9. The van der Waals surface area contributed by atoms with Crippen molar-refractivity contribution in [2.45, 2.75) is 18.3 Å². The van der Waals surface area contributed by atoms with E-state index in [0.717, 1.165) is 11.1 Å². The van der Waals surface area contributed by atoms with Gasteiger partial charge in [0, 0.05) is 35.8 Å². The van der Waals surface area contributed by atoms with E-state index in [2.05, 4.69) is 10.4 Å². The molecule has 0 amide bonds. The summed E-state index contributed by atoms with van der Waals surface area (Å²) in [5.74, 6) is -0.516. The molecule has 0 aliphatic heterocycles. The van der Waals surface area contributed by atoms with Crippen LogP contribution in [0.25, 0.3) is 22.3 Å². The molecule has 5 nitrogen and oxygen atoms in total. The summed E-state index contributed by atoms with van der Waals surface area (Å²) in [6, 6.07) is 10.2. The number of nitrogens with zero attached hydrogens (tertiary/aromatic N) is 2. The maximum absolute atomic E-state index is 14.9. The number of benzene rings is 2. The number of halogens is 2. The molecule has 1 aliphatic carbocycles. The lowest BCUT2D eigenvalue weighted by Gasteiger charge is -2.13. The van der Waals surface area contributed by atoms with Gasteiger partial charge in [0.2, 0.25) is 0 Å². The number of carbonyl (C=O) groups is 1. The fourth-order valence-electron chi connectivity index (χ4n) is 3.63. The van der Waals surface area contributed by atoms with Gasteiger partial charge in [-0.25, -0.2) is 4.39 Å². The van der Waals surface area contributed by atoms with Gasteiger partial charge in [0.1, 0.15) is 11.6 Å². The van der Waals surface area contributed by atoms with Gasteiger partial charge < -0.3 is 10.4 Å². The van der Waals surface area contributed by atoms with Crippen LogP contribution in [-0.4, -0.2) is 27.9 Å². The third-order valence-electron chi connectivity index (χ3n) is 5.43. The van der Waals surface area contributed by atoms with Gasteiger partial charge in [-0.05, 0) is 36.1 Å². The van der Waals surface area contributed by atoms with Gasteiger partial charge >= 0.3 is 5.97 Å².